The minimum atomic E-state index is -0.0590. The zero-order chi connectivity index (χ0) is 8.55. The fourth-order valence-electron chi connectivity index (χ4n) is 1.24. The molecule has 0 radical (unpaired) electrons. The molecule has 4 heteroatoms. The Kier molecular flexibility index (Phi) is 2.07. The molecule has 12 heavy (non-hydrogen) atoms. The van der Waals surface area contributed by atoms with Gasteiger partial charge < -0.3 is 10.1 Å². The number of aromatic amines is 1. The van der Waals surface area contributed by atoms with E-state index in [1.54, 1.807) is 0 Å². The summed E-state index contributed by atoms with van der Waals surface area (Å²) in [5, 5.41) is 9.24. The van der Waals surface area contributed by atoms with Gasteiger partial charge in [-0.25, -0.2) is 4.98 Å². The Balaban J connectivity index is 2.10. The number of rotatable bonds is 3. The van der Waals surface area contributed by atoms with Crippen LogP contribution in [0.2, 0.25) is 5.15 Å². The molecule has 0 atom stereocenters. The highest BCUT2D eigenvalue weighted by Crippen LogP contribution is 2.32. The molecule has 0 saturated heterocycles. The highest BCUT2D eigenvalue weighted by Gasteiger charge is 2.23. The minimum absolute atomic E-state index is 0.0590. The van der Waals surface area contributed by atoms with Crippen molar-refractivity contribution in [3.63, 3.8) is 0 Å². The van der Waals surface area contributed by atoms with Crippen LogP contribution in [0.4, 0.5) is 0 Å². The highest BCUT2D eigenvalue weighted by atomic mass is 35.5. The van der Waals surface area contributed by atoms with Crippen LogP contribution in [0.1, 0.15) is 24.4 Å². The van der Waals surface area contributed by atoms with E-state index in [4.69, 9.17) is 16.7 Å². The number of nitrogens with zero attached hydrogens (tertiary/aromatic N) is 1. The van der Waals surface area contributed by atoms with Gasteiger partial charge >= 0.3 is 0 Å². The molecule has 1 aromatic heterocycles. The molecule has 0 unspecified atom stereocenters. The first-order chi connectivity index (χ1) is 5.79. The van der Waals surface area contributed by atoms with Gasteiger partial charge in [-0.05, 0) is 18.8 Å². The van der Waals surface area contributed by atoms with Crippen molar-refractivity contribution < 1.29 is 5.11 Å². The van der Waals surface area contributed by atoms with Crippen molar-refractivity contribution in [3.8, 4) is 0 Å². The number of H-pyrrole nitrogens is 1. The first-order valence-corrected chi connectivity index (χ1v) is 4.51. The molecule has 66 valence electrons. The van der Waals surface area contributed by atoms with E-state index in [2.05, 4.69) is 9.97 Å². The molecule has 1 aromatic rings. The number of hydrogen-bond donors (Lipinski definition) is 2. The lowest BCUT2D eigenvalue weighted by atomic mass is 10.3. The molecule has 0 amide bonds. The number of halogens is 1. The third-order valence-corrected chi connectivity index (χ3v) is 2.43. The van der Waals surface area contributed by atoms with Gasteiger partial charge in [0, 0.05) is 6.42 Å². The summed E-state index contributed by atoms with van der Waals surface area (Å²) in [5.41, 5.74) is 0.632. The second kappa shape index (κ2) is 3.07. The second-order valence-electron chi connectivity index (χ2n) is 3.26. The van der Waals surface area contributed by atoms with Gasteiger partial charge in [0.2, 0.25) is 0 Å². The van der Waals surface area contributed by atoms with Crippen molar-refractivity contribution in [3.05, 3.63) is 16.7 Å². The topological polar surface area (TPSA) is 48.9 Å². The van der Waals surface area contributed by atoms with E-state index in [0.717, 1.165) is 18.2 Å². The SMILES string of the molecule is OCc1[nH]c(CC2CC2)nc1Cl. The first kappa shape index (κ1) is 8.08. The van der Waals surface area contributed by atoms with Crippen molar-refractivity contribution in [1.29, 1.82) is 0 Å². The molecule has 2 N–H and O–H groups in total. The van der Waals surface area contributed by atoms with Crippen LogP contribution in [0.5, 0.6) is 0 Å². The normalized spacial score (nSPS) is 16.8. The maximum atomic E-state index is 8.83. The Labute approximate surface area is 75.8 Å². The van der Waals surface area contributed by atoms with Crippen molar-refractivity contribution in [1.82, 2.24) is 9.97 Å². The van der Waals surface area contributed by atoms with Crippen LogP contribution in [0.25, 0.3) is 0 Å². The predicted octanol–water partition coefficient (Wildman–Crippen LogP) is 1.51. The molecule has 1 fully saturated rings. The maximum Gasteiger partial charge on any atom is 0.152 e. The molecule has 1 aliphatic rings. The Bertz CT molecular complexity index is 281. The molecule has 2 rings (SSSR count). The second-order valence-corrected chi connectivity index (χ2v) is 3.62. The van der Waals surface area contributed by atoms with Gasteiger partial charge in [0.15, 0.2) is 5.15 Å². The van der Waals surface area contributed by atoms with Crippen LogP contribution in [0.3, 0.4) is 0 Å². The summed E-state index contributed by atoms with van der Waals surface area (Å²) in [6, 6.07) is 0. The van der Waals surface area contributed by atoms with Gasteiger partial charge in [-0.2, -0.15) is 0 Å². The van der Waals surface area contributed by atoms with Crippen LogP contribution >= 0.6 is 11.6 Å². The summed E-state index contributed by atoms with van der Waals surface area (Å²) >= 11 is 5.75. The van der Waals surface area contributed by atoms with Crippen LogP contribution in [0, 0.1) is 5.92 Å². The van der Waals surface area contributed by atoms with Crippen molar-refractivity contribution in [2.75, 3.05) is 0 Å². The summed E-state index contributed by atoms with van der Waals surface area (Å²) < 4.78 is 0. The first-order valence-electron chi connectivity index (χ1n) is 4.13. The van der Waals surface area contributed by atoms with Gasteiger partial charge in [0.1, 0.15) is 5.82 Å². The monoisotopic (exact) mass is 186 g/mol. The number of imidazole rings is 1. The molecule has 0 spiro atoms. The van der Waals surface area contributed by atoms with Gasteiger partial charge in [-0.15, -0.1) is 0 Å². The summed E-state index contributed by atoms with van der Waals surface area (Å²) in [6.45, 7) is -0.0590. The highest BCUT2D eigenvalue weighted by molar-refractivity contribution is 6.30. The summed E-state index contributed by atoms with van der Waals surface area (Å²) in [7, 11) is 0. The zero-order valence-corrected chi connectivity index (χ0v) is 7.43. The molecule has 1 saturated carbocycles. The Hall–Kier alpha value is -0.540. The fourth-order valence-corrected chi connectivity index (χ4v) is 1.45. The molecular weight excluding hydrogens is 176 g/mol. The van der Waals surface area contributed by atoms with E-state index >= 15 is 0 Å². The van der Waals surface area contributed by atoms with Crippen LogP contribution < -0.4 is 0 Å². The average Bonchev–Trinajstić information content (AvgIpc) is 2.76. The Morgan fingerprint density at radius 3 is 2.83 bits per heavy atom. The third kappa shape index (κ3) is 1.62. The fraction of sp³-hybridized carbons (Fsp3) is 0.625. The van der Waals surface area contributed by atoms with Gasteiger partial charge in [-0.3, -0.25) is 0 Å². The number of aliphatic hydroxyl groups excluding tert-OH is 1. The van der Waals surface area contributed by atoms with Gasteiger partial charge in [0.25, 0.3) is 0 Å². The number of aliphatic hydroxyl groups is 1. The number of aromatic nitrogens is 2. The largest absolute Gasteiger partial charge is 0.390 e. The van der Waals surface area contributed by atoms with E-state index in [0.29, 0.717) is 10.8 Å². The lowest BCUT2D eigenvalue weighted by molar-refractivity contribution is 0.277. The van der Waals surface area contributed by atoms with Crippen molar-refractivity contribution in [2.45, 2.75) is 25.9 Å². The quantitative estimate of drug-likeness (QED) is 0.752. The van der Waals surface area contributed by atoms with Crippen LogP contribution in [-0.2, 0) is 13.0 Å². The maximum absolute atomic E-state index is 8.83. The average molecular weight is 187 g/mol. The summed E-state index contributed by atoms with van der Waals surface area (Å²) in [6.07, 6.45) is 3.57. The minimum Gasteiger partial charge on any atom is -0.390 e. The Morgan fingerprint density at radius 2 is 2.33 bits per heavy atom. The molecule has 3 nitrogen and oxygen atoms in total. The van der Waals surface area contributed by atoms with E-state index in [9.17, 15) is 0 Å². The molecule has 0 bridgehead atoms. The molecule has 1 heterocycles. The third-order valence-electron chi connectivity index (χ3n) is 2.11. The van der Waals surface area contributed by atoms with Gasteiger partial charge in [-0.1, -0.05) is 11.6 Å². The Morgan fingerprint density at radius 1 is 1.58 bits per heavy atom. The predicted molar refractivity (Wildman–Crippen MR) is 45.9 cm³/mol. The standard InChI is InChI=1S/C8H11ClN2O/c9-8-6(4-12)10-7(11-8)3-5-1-2-5/h5,12H,1-4H2,(H,10,11). The van der Waals surface area contributed by atoms with Crippen molar-refractivity contribution >= 4 is 11.6 Å². The summed E-state index contributed by atoms with van der Waals surface area (Å²) in [4.78, 5) is 7.12. The zero-order valence-electron chi connectivity index (χ0n) is 6.68. The molecule has 0 aromatic carbocycles. The van der Waals surface area contributed by atoms with Gasteiger partial charge in [0.05, 0.1) is 12.3 Å². The lowest BCUT2D eigenvalue weighted by Gasteiger charge is -1.90. The summed E-state index contributed by atoms with van der Waals surface area (Å²) in [5.74, 6) is 1.70. The molecule has 0 aliphatic heterocycles. The smallest absolute Gasteiger partial charge is 0.152 e. The van der Waals surface area contributed by atoms with E-state index in [-0.39, 0.29) is 6.61 Å². The van der Waals surface area contributed by atoms with E-state index in [1.165, 1.54) is 12.8 Å². The number of nitrogens with one attached hydrogen (secondary N) is 1. The van der Waals surface area contributed by atoms with Crippen molar-refractivity contribution in [2.24, 2.45) is 5.92 Å². The van der Waals surface area contributed by atoms with Crippen LogP contribution in [0.15, 0.2) is 0 Å². The molecule has 1 aliphatic carbocycles. The van der Waals surface area contributed by atoms with E-state index in [1.807, 2.05) is 0 Å². The lowest BCUT2D eigenvalue weighted by Crippen LogP contribution is -1.90. The van der Waals surface area contributed by atoms with E-state index < -0.39 is 0 Å². The van der Waals surface area contributed by atoms with Crippen LogP contribution in [-0.4, -0.2) is 15.1 Å². The number of hydrogen-bond acceptors (Lipinski definition) is 2. The molecular formula is C8H11ClN2O.